The van der Waals surface area contributed by atoms with E-state index >= 15 is 0 Å². The van der Waals surface area contributed by atoms with Gasteiger partial charge in [-0.05, 0) is 67.4 Å². The summed E-state index contributed by atoms with van der Waals surface area (Å²) in [6.45, 7) is 3.11. The van der Waals surface area contributed by atoms with Gasteiger partial charge in [0.15, 0.2) is 0 Å². The van der Waals surface area contributed by atoms with Gasteiger partial charge in [0.1, 0.15) is 18.3 Å². The van der Waals surface area contributed by atoms with E-state index in [0.717, 1.165) is 9.87 Å². The molecule has 242 valence electrons. The molecule has 0 aliphatic heterocycles. The van der Waals surface area contributed by atoms with E-state index in [1.807, 2.05) is 44.2 Å². The SMILES string of the molecule is CC[C@H](C)NC(=O)[C@H](Cc1ccccc1)N(Cc1c(Cl)cccc1Cl)C(=O)CN(c1ccccc1)S(=O)(=O)c1ccc(OC)cc1. The van der Waals surface area contributed by atoms with Crippen LogP contribution in [0.3, 0.4) is 0 Å². The van der Waals surface area contributed by atoms with Crippen LogP contribution in [-0.4, -0.2) is 50.9 Å². The quantitative estimate of drug-likeness (QED) is 0.159. The molecule has 0 aliphatic rings. The lowest BCUT2D eigenvalue weighted by atomic mass is 10.0. The number of sulfonamides is 1. The molecule has 0 saturated carbocycles. The zero-order chi connectivity index (χ0) is 33.3. The standard InChI is InChI=1S/C35H37Cl2N3O5S/c1-4-25(2)38-35(42)33(22-26-12-7-5-8-13-26)39(23-30-31(36)16-11-17-32(30)37)34(41)24-40(27-14-9-6-10-15-27)46(43,44)29-20-18-28(45-3)19-21-29/h5-21,25,33H,4,22-24H2,1-3H3,(H,38,42)/t25-,33-/m0/s1. The average molecular weight is 683 g/mol. The van der Waals surface area contributed by atoms with Gasteiger partial charge in [0.25, 0.3) is 10.0 Å². The van der Waals surface area contributed by atoms with E-state index in [1.54, 1.807) is 60.7 Å². The third kappa shape index (κ3) is 8.60. The highest BCUT2D eigenvalue weighted by molar-refractivity contribution is 7.92. The number of hydrogen-bond donors (Lipinski definition) is 1. The number of carbonyl (C=O) groups excluding carboxylic acids is 2. The second-order valence-electron chi connectivity index (χ2n) is 10.8. The van der Waals surface area contributed by atoms with Crippen LogP contribution < -0.4 is 14.4 Å². The fourth-order valence-corrected chi connectivity index (χ4v) is 6.78. The second-order valence-corrected chi connectivity index (χ2v) is 13.4. The lowest BCUT2D eigenvalue weighted by molar-refractivity contribution is -0.140. The summed E-state index contributed by atoms with van der Waals surface area (Å²) in [5.41, 5.74) is 1.55. The number of nitrogens with one attached hydrogen (secondary N) is 1. The maximum Gasteiger partial charge on any atom is 0.264 e. The van der Waals surface area contributed by atoms with Crippen LogP contribution in [0.2, 0.25) is 10.0 Å². The molecule has 0 heterocycles. The van der Waals surface area contributed by atoms with Gasteiger partial charge in [-0.3, -0.25) is 13.9 Å². The Bertz CT molecular complexity index is 1700. The van der Waals surface area contributed by atoms with Gasteiger partial charge in [0, 0.05) is 34.6 Å². The van der Waals surface area contributed by atoms with Gasteiger partial charge in [0.2, 0.25) is 11.8 Å². The Balaban J connectivity index is 1.82. The molecule has 46 heavy (non-hydrogen) atoms. The van der Waals surface area contributed by atoms with E-state index in [0.29, 0.717) is 27.8 Å². The Morgan fingerprint density at radius 2 is 1.43 bits per heavy atom. The predicted molar refractivity (Wildman–Crippen MR) is 183 cm³/mol. The Labute approximate surface area is 280 Å². The Kier molecular flexibility index (Phi) is 12.1. The number of methoxy groups -OCH3 is 1. The largest absolute Gasteiger partial charge is 0.497 e. The first-order valence-electron chi connectivity index (χ1n) is 14.8. The van der Waals surface area contributed by atoms with Gasteiger partial charge >= 0.3 is 0 Å². The molecule has 11 heteroatoms. The number of anilines is 1. The lowest BCUT2D eigenvalue weighted by Crippen LogP contribution is -2.54. The van der Waals surface area contributed by atoms with E-state index in [9.17, 15) is 18.0 Å². The molecule has 0 spiro atoms. The van der Waals surface area contributed by atoms with Crippen molar-refractivity contribution in [2.24, 2.45) is 0 Å². The number of carbonyl (C=O) groups is 2. The minimum absolute atomic E-state index is 0.0269. The lowest BCUT2D eigenvalue weighted by Gasteiger charge is -2.34. The van der Waals surface area contributed by atoms with Crippen LogP contribution in [0.5, 0.6) is 5.75 Å². The van der Waals surface area contributed by atoms with Crippen LogP contribution in [0.25, 0.3) is 0 Å². The maximum atomic E-state index is 14.6. The highest BCUT2D eigenvalue weighted by Crippen LogP contribution is 2.29. The molecular weight excluding hydrogens is 645 g/mol. The molecule has 2 amide bonds. The van der Waals surface area contributed by atoms with Gasteiger partial charge < -0.3 is 15.0 Å². The van der Waals surface area contributed by atoms with E-state index in [2.05, 4.69) is 5.32 Å². The van der Waals surface area contributed by atoms with E-state index in [-0.39, 0.29) is 35.5 Å². The molecular formula is C35H37Cl2N3O5S. The molecule has 0 radical (unpaired) electrons. The van der Waals surface area contributed by atoms with Crippen molar-refractivity contribution in [2.45, 2.75) is 50.2 Å². The van der Waals surface area contributed by atoms with Crippen molar-refractivity contribution in [2.75, 3.05) is 18.0 Å². The average Bonchev–Trinajstić information content (AvgIpc) is 3.06. The van der Waals surface area contributed by atoms with Crippen LogP contribution in [0.1, 0.15) is 31.4 Å². The Hall–Kier alpha value is -4.05. The monoisotopic (exact) mass is 681 g/mol. The number of ether oxygens (including phenoxy) is 1. The fourth-order valence-electron chi connectivity index (χ4n) is 4.85. The molecule has 0 unspecified atom stereocenters. The van der Waals surface area contributed by atoms with E-state index < -0.39 is 28.5 Å². The van der Waals surface area contributed by atoms with Crippen LogP contribution in [0, 0.1) is 0 Å². The number of amides is 2. The van der Waals surface area contributed by atoms with Gasteiger partial charge in [-0.1, -0.05) is 84.7 Å². The summed E-state index contributed by atoms with van der Waals surface area (Å²) in [6, 6.07) is 27.4. The summed E-state index contributed by atoms with van der Waals surface area (Å²) < 4.78 is 34.5. The molecule has 4 rings (SSSR count). The highest BCUT2D eigenvalue weighted by atomic mass is 35.5. The maximum absolute atomic E-state index is 14.6. The van der Waals surface area contributed by atoms with E-state index in [1.165, 1.54) is 24.1 Å². The van der Waals surface area contributed by atoms with Crippen molar-refractivity contribution in [1.82, 2.24) is 10.2 Å². The molecule has 0 saturated heterocycles. The first kappa shape index (κ1) is 34.8. The van der Waals surface area contributed by atoms with Crippen molar-refractivity contribution in [3.05, 3.63) is 124 Å². The molecule has 4 aromatic carbocycles. The van der Waals surface area contributed by atoms with Gasteiger partial charge in [-0.2, -0.15) is 0 Å². The zero-order valence-corrected chi connectivity index (χ0v) is 28.2. The minimum Gasteiger partial charge on any atom is -0.497 e. The van der Waals surface area contributed by atoms with Crippen LogP contribution in [-0.2, 0) is 32.6 Å². The molecule has 1 N–H and O–H groups in total. The first-order chi connectivity index (χ1) is 22.0. The number of halogens is 2. The van der Waals surface area contributed by atoms with Gasteiger partial charge in [-0.25, -0.2) is 8.42 Å². The van der Waals surface area contributed by atoms with Crippen molar-refractivity contribution in [3.63, 3.8) is 0 Å². The third-order valence-electron chi connectivity index (χ3n) is 7.63. The molecule has 0 aromatic heterocycles. The fraction of sp³-hybridized carbons (Fsp3) is 0.257. The van der Waals surface area contributed by atoms with Crippen molar-refractivity contribution >= 4 is 50.7 Å². The Morgan fingerprint density at radius 3 is 2.00 bits per heavy atom. The minimum atomic E-state index is -4.25. The second kappa shape index (κ2) is 16.0. The number of nitrogens with zero attached hydrogens (tertiary/aromatic N) is 2. The van der Waals surface area contributed by atoms with Gasteiger partial charge in [-0.15, -0.1) is 0 Å². The summed E-state index contributed by atoms with van der Waals surface area (Å²) >= 11 is 13.1. The Morgan fingerprint density at radius 1 is 0.848 bits per heavy atom. The van der Waals surface area contributed by atoms with Crippen LogP contribution in [0.15, 0.2) is 108 Å². The molecule has 0 aliphatic carbocycles. The topological polar surface area (TPSA) is 96.0 Å². The summed E-state index contributed by atoms with van der Waals surface area (Å²) in [5, 5.41) is 3.64. The number of benzene rings is 4. The molecule has 0 fully saturated rings. The number of para-hydroxylation sites is 1. The molecule has 8 nitrogen and oxygen atoms in total. The smallest absolute Gasteiger partial charge is 0.264 e. The number of hydrogen-bond acceptors (Lipinski definition) is 5. The van der Waals surface area contributed by atoms with E-state index in [4.69, 9.17) is 27.9 Å². The molecule has 2 atom stereocenters. The third-order valence-corrected chi connectivity index (χ3v) is 10.1. The first-order valence-corrected chi connectivity index (χ1v) is 17.0. The van der Waals surface area contributed by atoms with Crippen molar-refractivity contribution in [1.29, 1.82) is 0 Å². The summed E-state index contributed by atoms with van der Waals surface area (Å²) in [6.07, 6.45) is 0.851. The summed E-state index contributed by atoms with van der Waals surface area (Å²) in [5.74, 6) is -0.503. The van der Waals surface area contributed by atoms with Crippen LogP contribution in [0.4, 0.5) is 5.69 Å². The van der Waals surface area contributed by atoms with Crippen LogP contribution >= 0.6 is 23.2 Å². The molecule has 4 aromatic rings. The van der Waals surface area contributed by atoms with Crippen molar-refractivity contribution in [3.8, 4) is 5.75 Å². The van der Waals surface area contributed by atoms with Gasteiger partial charge in [0.05, 0.1) is 17.7 Å². The molecule has 0 bridgehead atoms. The van der Waals surface area contributed by atoms with Crippen molar-refractivity contribution < 1.29 is 22.7 Å². The summed E-state index contributed by atoms with van der Waals surface area (Å²) in [4.78, 5) is 29.8. The zero-order valence-electron chi connectivity index (χ0n) is 25.9. The normalized spacial score (nSPS) is 12.5. The summed E-state index contributed by atoms with van der Waals surface area (Å²) in [7, 11) is -2.76. The predicted octanol–water partition coefficient (Wildman–Crippen LogP) is 6.75. The number of rotatable bonds is 14. The highest BCUT2D eigenvalue weighted by Gasteiger charge is 2.35.